The fourth-order valence-electron chi connectivity index (χ4n) is 3.34. The summed E-state index contributed by atoms with van der Waals surface area (Å²) < 4.78 is 14.8. The summed E-state index contributed by atoms with van der Waals surface area (Å²) in [6.07, 6.45) is 0. The van der Waals surface area contributed by atoms with E-state index in [0.29, 0.717) is 33.8 Å². The van der Waals surface area contributed by atoms with E-state index in [2.05, 4.69) is 5.32 Å². The summed E-state index contributed by atoms with van der Waals surface area (Å²) in [6, 6.07) is 12.3. The van der Waals surface area contributed by atoms with E-state index in [-0.39, 0.29) is 0 Å². The largest absolute Gasteiger partial charge is 0.497 e. The zero-order valence-electron chi connectivity index (χ0n) is 17.1. The number of carbonyl (C=O) groups is 3. The van der Waals surface area contributed by atoms with Crippen LogP contribution < -0.4 is 15.0 Å². The van der Waals surface area contributed by atoms with Gasteiger partial charge in [0, 0.05) is 5.70 Å². The minimum atomic E-state index is -0.730. The predicted octanol–water partition coefficient (Wildman–Crippen LogP) is 3.20. The molecule has 0 bridgehead atoms. The monoisotopic (exact) mass is 410 g/mol. The summed E-state index contributed by atoms with van der Waals surface area (Å²) >= 11 is 0. The van der Waals surface area contributed by atoms with Crippen molar-refractivity contribution < 1.29 is 28.6 Å². The first-order valence-corrected chi connectivity index (χ1v) is 9.13. The fraction of sp³-hybridized carbons (Fsp3) is 0.227. The number of rotatable bonds is 5. The third kappa shape index (κ3) is 3.84. The second-order valence-corrected chi connectivity index (χ2v) is 6.52. The van der Waals surface area contributed by atoms with Crippen molar-refractivity contribution in [3.63, 3.8) is 0 Å². The number of urea groups is 1. The molecule has 1 aliphatic rings. The van der Waals surface area contributed by atoms with E-state index in [0.717, 1.165) is 0 Å². The van der Waals surface area contributed by atoms with Gasteiger partial charge in [0.25, 0.3) is 0 Å². The minimum Gasteiger partial charge on any atom is -0.497 e. The summed E-state index contributed by atoms with van der Waals surface area (Å²) in [5.74, 6) is -0.387. The van der Waals surface area contributed by atoms with Crippen molar-refractivity contribution in [2.24, 2.45) is 0 Å². The van der Waals surface area contributed by atoms with Gasteiger partial charge < -0.3 is 19.5 Å². The summed E-state index contributed by atoms with van der Waals surface area (Å²) in [5.41, 5.74) is 2.30. The first kappa shape index (κ1) is 20.9. The molecule has 1 atom stereocenters. The number of methoxy groups -OCH3 is 3. The van der Waals surface area contributed by atoms with Crippen LogP contribution in [-0.4, -0.2) is 39.3 Å². The molecule has 1 aliphatic heterocycles. The van der Waals surface area contributed by atoms with Crippen LogP contribution in [0.3, 0.4) is 0 Å². The van der Waals surface area contributed by atoms with Crippen LogP contribution in [0.2, 0.25) is 0 Å². The Kier molecular flexibility index (Phi) is 6.06. The average Bonchev–Trinajstić information content (AvgIpc) is 2.78. The number of nitrogens with zero attached hydrogens (tertiary/aromatic N) is 1. The van der Waals surface area contributed by atoms with Crippen molar-refractivity contribution >= 4 is 23.7 Å². The lowest BCUT2D eigenvalue weighted by molar-refractivity contribution is -0.136. The van der Waals surface area contributed by atoms with E-state index in [1.807, 2.05) is 0 Å². The lowest BCUT2D eigenvalue weighted by Crippen LogP contribution is -2.48. The Bertz CT molecular complexity index is 995. The summed E-state index contributed by atoms with van der Waals surface area (Å²) in [7, 11) is 4.14. The molecule has 0 fully saturated rings. The van der Waals surface area contributed by atoms with Crippen LogP contribution in [0.4, 0.5) is 10.5 Å². The molecule has 0 aliphatic carbocycles. The van der Waals surface area contributed by atoms with Crippen LogP contribution in [0.5, 0.6) is 5.75 Å². The molecule has 0 unspecified atom stereocenters. The molecule has 3 rings (SSSR count). The number of nitrogens with one attached hydrogen (secondary N) is 1. The standard InChI is InChI=1S/C22H22N2O6/c1-13-18(21(26)30-4)19(14-5-7-15(8-6-14)20(25)29-3)23-22(27)24(13)16-9-11-17(28-2)12-10-16/h5-12,19H,1-4H3,(H,23,27)/t19-/m0/s1. The van der Waals surface area contributed by atoms with Gasteiger partial charge in [0.1, 0.15) is 5.75 Å². The maximum absolute atomic E-state index is 12.9. The normalized spacial score (nSPS) is 16.1. The molecule has 1 heterocycles. The van der Waals surface area contributed by atoms with Gasteiger partial charge in [-0.25, -0.2) is 14.4 Å². The summed E-state index contributed by atoms with van der Waals surface area (Å²) in [5, 5.41) is 2.85. The Morgan fingerprint density at radius 2 is 1.50 bits per heavy atom. The van der Waals surface area contributed by atoms with E-state index in [9.17, 15) is 14.4 Å². The first-order valence-electron chi connectivity index (χ1n) is 9.13. The van der Waals surface area contributed by atoms with E-state index in [1.165, 1.54) is 19.1 Å². The molecule has 8 heteroatoms. The van der Waals surface area contributed by atoms with Gasteiger partial charge in [-0.05, 0) is 48.9 Å². The van der Waals surface area contributed by atoms with Crippen molar-refractivity contribution in [1.29, 1.82) is 0 Å². The van der Waals surface area contributed by atoms with Crippen molar-refractivity contribution in [2.45, 2.75) is 13.0 Å². The van der Waals surface area contributed by atoms with Crippen LogP contribution in [0.15, 0.2) is 59.8 Å². The second-order valence-electron chi connectivity index (χ2n) is 6.52. The molecule has 0 aromatic heterocycles. The van der Waals surface area contributed by atoms with Gasteiger partial charge in [-0.15, -0.1) is 0 Å². The quantitative estimate of drug-likeness (QED) is 0.761. The van der Waals surface area contributed by atoms with Gasteiger partial charge >= 0.3 is 18.0 Å². The molecule has 156 valence electrons. The van der Waals surface area contributed by atoms with Crippen molar-refractivity contribution in [3.05, 3.63) is 70.9 Å². The molecule has 0 saturated carbocycles. The van der Waals surface area contributed by atoms with Crippen molar-refractivity contribution in [2.75, 3.05) is 26.2 Å². The lowest BCUT2D eigenvalue weighted by atomic mass is 9.94. The van der Waals surface area contributed by atoms with Gasteiger partial charge in [0.05, 0.1) is 44.2 Å². The van der Waals surface area contributed by atoms with Crippen LogP contribution in [0.25, 0.3) is 0 Å². The predicted molar refractivity (Wildman–Crippen MR) is 109 cm³/mol. The molecular formula is C22H22N2O6. The third-order valence-corrected chi connectivity index (χ3v) is 4.89. The van der Waals surface area contributed by atoms with Gasteiger partial charge in [-0.3, -0.25) is 4.90 Å². The second kappa shape index (κ2) is 8.69. The highest BCUT2D eigenvalue weighted by Gasteiger charge is 2.37. The maximum atomic E-state index is 12.9. The molecule has 0 spiro atoms. The van der Waals surface area contributed by atoms with Crippen LogP contribution >= 0.6 is 0 Å². The van der Waals surface area contributed by atoms with Crippen LogP contribution in [-0.2, 0) is 14.3 Å². The Hall–Kier alpha value is -3.81. The fourth-order valence-corrected chi connectivity index (χ4v) is 3.34. The molecule has 0 saturated heterocycles. The Labute approximate surface area is 174 Å². The highest BCUT2D eigenvalue weighted by atomic mass is 16.5. The zero-order chi connectivity index (χ0) is 21.8. The van der Waals surface area contributed by atoms with Crippen molar-refractivity contribution in [3.8, 4) is 5.75 Å². The third-order valence-electron chi connectivity index (χ3n) is 4.89. The summed E-state index contributed by atoms with van der Waals surface area (Å²) in [6.45, 7) is 1.69. The van der Waals surface area contributed by atoms with E-state index in [1.54, 1.807) is 62.6 Å². The van der Waals surface area contributed by atoms with Crippen molar-refractivity contribution in [1.82, 2.24) is 5.32 Å². The minimum absolute atomic E-state index is 0.290. The smallest absolute Gasteiger partial charge is 0.337 e. The summed E-state index contributed by atoms with van der Waals surface area (Å²) in [4.78, 5) is 38.6. The number of hydrogen-bond donors (Lipinski definition) is 1. The first-order chi connectivity index (χ1) is 14.4. The van der Waals surface area contributed by atoms with Crippen LogP contribution in [0.1, 0.15) is 28.9 Å². The Morgan fingerprint density at radius 3 is 2.03 bits per heavy atom. The molecule has 8 nitrogen and oxygen atoms in total. The van der Waals surface area contributed by atoms with E-state index in [4.69, 9.17) is 14.2 Å². The highest BCUT2D eigenvalue weighted by Crippen LogP contribution is 2.34. The Balaban J connectivity index is 2.05. The maximum Gasteiger partial charge on any atom is 0.337 e. The topological polar surface area (TPSA) is 94.2 Å². The SMILES string of the molecule is COC(=O)C1=C(C)N(c2ccc(OC)cc2)C(=O)N[C@H]1c1ccc(C(=O)OC)cc1. The zero-order valence-corrected chi connectivity index (χ0v) is 17.1. The van der Waals surface area contributed by atoms with Gasteiger partial charge in [-0.2, -0.15) is 0 Å². The molecular weight excluding hydrogens is 388 g/mol. The number of esters is 2. The molecule has 2 aromatic rings. The van der Waals surface area contributed by atoms with Gasteiger partial charge in [-0.1, -0.05) is 12.1 Å². The van der Waals surface area contributed by atoms with Crippen LogP contribution in [0, 0.1) is 0 Å². The van der Waals surface area contributed by atoms with E-state index >= 15 is 0 Å². The van der Waals surface area contributed by atoms with Gasteiger partial charge in [0.15, 0.2) is 0 Å². The number of hydrogen-bond acceptors (Lipinski definition) is 6. The molecule has 2 amide bonds. The molecule has 1 N–H and O–H groups in total. The molecule has 30 heavy (non-hydrogen) atoms. The highest BCUT2D eigenvalue weighted by molar-refractivity contribution is 6.03. The van der Waals surface area contributed by atoms with E-state index < -0.39 is 24.0 Å². The average molecular weight is 410 g/mol. The number of amides is 2. The lowest BCUT2D eigenvalue weighted by Gasteiger charge is -2.35. The van der Waals surface area contributed by atoms with Gasteiger partial charge in [0.2, 0.25) is 0 Å². The number of ether oxygens (including phenoxy) is 3. The molecule has 0 radical (unpaired) electrons. The number of benzene rings is 2. The molecule has 2 aromatic carbocycles. The Morgan fingerprint density at radius 1 is 0.900 bits per heavy atom. The number of carbonyl (C=O) groups excluding carboxylic acids is 3. The number of allylic oxidation sites excluding steroid dienone is 1. The number of anilines is 1.